The van der Waals surface area contributed by atoms with Crippen LogP contribution in [0, 0.1) is 17.3 Å². The van der Waals surface area contributed by atoms with Crippen molar-refractivity contribution in [2.75, 3.05) is 13.2 Å². The second-order valence-electron chi connectivity index (χ2n) is 16.8. The molecule has 1 unspecified atom stereocenters. The van der Waals surface area contributed by atoms with Gasteiger partial charge >= 0.3 is 6.09 Å². The Hall–Kier alpha value is -4.46. The van der Waals surface area contributed by atoms with E-state index in [4.69, 9.17) is 9.47 Å². The Kier molecular flexibility index (Phi) is 11.0. The van der Waals surface area contributed by atoms with Crippen molar-refractivity contribution in [3.05, 3.63) is 54.8 Å². The minimum Gasteiger partial charge on any atom is -0.472 e. The van der Waals surface area contributed by atoms with Crippen LogP contribution in [-0.2, 0) is 29.1 Å². The molecule has 0 radical (unpaired) electrons. The zero-order valence-corrected chi connectivity index (χ0v) is 32.6. The Morgan fingerprint density at radius 3 is 2.58 bits per heavy atom. The van der Waals surface area contributed by atoms with Gasteiger partial charge in [-0.2, -0.15) is 0 Å². The Morgan fingerprint density at radius 1 is 1.07 bits per heavy atom. The van der Waals surface area contributed by atoms with E-state index in [0.29, 0.717) is 18.7 Å². The highest BCUT2D eigenvalue weighted by Crippen LogP contribution is 2.45. The van der Waals surface area contributed by atoms with Crippen LogP contribution in [0.1, 0.15) is 96.5 Å². The molecule has 55 heavy (non-hydrogen) atoms. The predicted octanol–water partition coefficient (Wildman–Crippen LogP) is 5.15. The summed E-state index contributed by atoms with van der Waals surface area (Å²) in [5.41, 5.74) is -0.852. The Morgan fingerprint density at radius 2 is 1.85 bits per heavy atom. The molecule has 4 fully saturated rings. The zero-order chi connectivity index (χ0) is 39.0. The molecule has 3 aliphatic carbocycles. The molecule has 1 aromatic heterocycles. The van der Waals surface area contributed by atoms with Crippen molar-refractivity contribution in [3.8, 4) is 5.88 Å². The number of nitrogens with one attached hydrogen (secondary N) is 3. The van der Waals surface area contributed by atoms with Crippen LogP contribution in [0.3, 0.4) is 0 Å². The molecule has 7 rings (SSSR count). The van der Waals surface area contributed by atoms with Crippen LogP contribution in [0.15, 0.2) is 49.2 Å². The topological polar surface area (TPSA) is 173 Å². The lowest BCUT2D eigenvalue weighted by molar-refractivity contribution is -0.142. The first-order valence-electron chi connectivity index (χ1n) is 19.7. The normalized spacial score (nSPS) is 29.7. The molecule has 3 heterocycles. The highest BCUT2D eigenvalue weighted by atomic mass is 32.2. The maximum absolute atomic E-state index is 14.8. The number of nitrogens with zero attached hydrogens (tertiary/aromatic N) is 2. The van der Waals surface area contributed by atoms with Gasteiger partial charge in [0.2, 0.25) is 27.7 Å². The number of fused-ring (bicyclic) bond motifs is 3. The molecule has 1 saturated heterocycles. The number of hydrogen-bond acceptors (Lipinski definition) is 9. The van der Waals surface area contributed by atoms with Crippen molar-refractivity contribution < 1.29 is 37.1 Å². The Labute approximate surface area is 323 Å². The molecular weight excluding hydrogens is 723 g/mol. The van der Waals surface area contributed by atoms with Gasteiger partial charge in [-0.15, -0.1) is 6.58 Å². The van der Waals surface area contributed by atoms with Crippen LogP contribution in [0.4, 0.5) is 4.79 Å². The molecule has 3 saturated carbocycles. The number of carbonyl (C=O) groups is 4. The van der Waals surface area contributed by atoms with Gasteiger partial charge in [0.25, 0.3) is 5.91 Å². The maximum Gasteiger partial charge on any atom is 0.407 e. The average Bonchev–Trinajstić information content (AvgIpc) is 4.09. The van der Waals surface area contributed by atoms with Gasteiger partial charge in [0.1, 0.15) is 23.7 Å². The fourth-order valence-electron chi connectivity index (χ4n) is 8.36. The first-order valence-corrected chi connectivity index (χ1v) is 21.3. The summed E-state index contributed by atoms with van der Waals surface area (Å²) in [5.74, 6) is -2.19. The molecule has 296 valence electrons. The van der Waals surface area contributed by atoms with Gasteiger partial charge in [-0.05, 0) is 85.8 Å². The van der Waals surface area contributed by atoms with Crippen molar-refractivity contribution in [3.63, 3.8) is 0 Å². The third-order valence-corrected chi connectivity index (χ3v) is 13.7. The number of allylic oxidation sites excluding steroid dienone is 1. The summed E-state index contributed by atoms with van der Waals surface area (Å²) < 4.78 is 40.0. The SMILES string of the molecule is C=CC1C[C@]1(NC(=O)[C@@H]1C[C@@H]2CN1C(=O)[C@H](C1CCCCC1)NC(=O)OCC(C)(C)CCC/C=C/c1ccc3ccnc(c3c1)O2)C(=O)NS(=O)(=O)C1CC1. The van der Waals surface area contributed by atoms with Gasteiger partial charge in [0.15, 0.2) is 0 Å². The number of carbonyl (C=O) groups excluding carboxylic acids is 4. The van der Waals surface area contributed by atoms with Gasteiger partial charge in [-0.3, -0.25) is 19.1 Å². The molecule has 2 aliphatic heterocycles. The number of alkyl carbamates (subject to hydrolysis) is 1. The van der Waals surface area contributed by atoms with E-state index < -0.39 is 68.7 Å². The Balaban J connectivity index is 1.22. The van der Waals surface area contributed by atoms with Gasteiger partial charge in [0, 0.05) is 23.9 Å². The fraction of sp³-hybridized carbons (Fsp3) is 0.585. The second kappa shape index (κ2) is 15.6. The summed E-state index contributed by atoms with van der Waals surface area (Å²) in [7, 11) is -3.89. The number of pyridine rings is 1. The third kappa shape index (κ3) is 8.69. The van der Waals surface area contributed by atoms with Gasteiger partial charge in [-0.1, -0.05) is 63.5 Å². The van der Waals surface area contributed by atoms with Crippen LogP contribution >= 0.6 is 0 Å². The molecule has 4 amide bonds. The molecule has 1 aromatic carbocycles. The lowest BCUT2D eigenvalue weighted by Crippen LogP contribution is -2.59. The smallest absolute Gasteiger partial charge is 0.407 e. The number of hydrogen-bond donors (Lipinski definition) is 3. The summed E-state index contributed by atoms with van der Waals surface area (Å²) >= 11 is 0. The van der Waals surface area contributed by atoms with E-state index in [-0.39, 0.29) is 37.3 Å². The maximum atomic E-state index is 14.8. The number of rotatable bonds is 7. The third-order valence-electron chi connectivity index (χ3n) is 11.9. The Bertz CT molecular complexity index is 1970. The molecule has 2 aromatic rings. The van der Waals surface area contributed by atoms with E-state index in [1.165, 1.54) is 11.0 Å². The minimum atomic E-state index is -3.89. The zero-order valence-electron chi connectivity index (χ0n) is 31.8. The van der Waals surface area contributed by atoms with Crippen molar-refractivity contribution in [1.29, 1.82) is 0 Å². The largest absolute Gasteiger partial charge is 0.472 e. The summed E-state index contributed by atoms with van der Waals surface area (Å²) in [4.78, 5) is 62.3. The van der Waals surface area contributed by atoms with E-state index in [1.807, 2.05) is 24.3 Å². The molecule has 14 heteroatoms. The molecule has 3 N–H and O–H groups in total. The molecule has 4 bridgehead atoms. The van der Waals surface area contributed by atoms with Gasteiger partial charge < -0.3 is 25.0 Å². The second-order valence-corrected chi connectivity index (χ2v) is 18.8. The van der Waals surface area contributed by atoms with Crippen LogP contribution in [0.2, 0.25) is 0 Å². The van der Waals surface area contributed by atoms with E-state index in [2.05, 4.69) is 52.9 Å². The van der Waals surface area contributed by atoms with Gasteiger partial charge in [0.05, 0.1) is 18.4 Å². The number of benzene rings is 1. The summed E-state index contributed by atoms with van der Waals surface area (Å²) in [5, 5.41) is 6.83. The molecule has 13 nitrogen and oxygen atoms in total. The van der Waals surface area contributed by atoms with Crippen molar-refractivity contribution >= 4 is 50.7 Å². The van der Waals surface area contributed by atoms with Crippen LogP contribution in [-0.4, -0.2) is 84.2 Å². The van der Waals surface area contributed by atoms with E-state index >= 15 is 0 Å². The van der Waals surface area contributed by atoms with E-state index in [1.54, 1.807) is 6.20 Å². The quantitative estimate of drug-likeness (QED) is 0.322. The fourth-order valence-corrected chi connectivity index (χ4v) is 9.72. The van der Waals surface area contributed by atoms with Gasteiger partial charge in [-0.25, -0.2) is 18.2 Å². The van der Waals surface area contributed by atoms with E-state index in [0.717, 1.165) is 67.7 Å². The summed E-state index contributed by atoms with van der Waals surface area (Å²) in [6.07, 6.45) is 14.0. The minimum absolute atomic E-state index is 0.0156. The average molecular weight is 776 g/mol. The lowest BCUT2D eigenvalue weighted by Gasteiger charge is -2.35. The van der Waals surface area contributed by atoms with Crippen molar-refractivity contribution in [1.82, 2.24) is 25.2 Å². The highest BCUT2D eigenvalue weighted by Gasteiger charge is 2.62. The summed E-state index contributed by atoms with van der Waals surface area (Å²) in [6, 6.07) is 5.90. The molecular formula is C41H53N5O8S. The van der Waals surface area contributed by atoms with Crippen molar-refractivity contribution in [2.45, 2.75) is 120 Å². The first kappa shape index (κ1) is 38.8. The van der Waals surface area contributed by atoms with Crippen LogP contribution < -0.4 is 20.1 Å². The monoisotopic (exact) mass is 775 g/mol. The van der Waals surface area contributed by atoms with E-state index in [9.17, 15) is 27.6 Å². The lowest BCUT2D eigenvalue weighted by atomic mass is 9.83. The molecule has 0 spiro atoms. The number of aromatic nitrogens is 1. The first-order chi connectivity index (χ1) is 26.3. The standard InChI is InChI=1S/C41H53N5O8S/c1-4-29-23-41(29,38(49)45-55(51,52)31-16-17-31)44-35(47)33-22-30-24-46(33)37(48)34(28-12-8-5-9-13-28)43-39(50)53-25-40(2,3)19-10-6-7-11-26-14-15-27-18-20-42-36(54-30)32(27)21-26/h4,7,11,14-15,18,20-21,28-31,33-34H,1,5-6,8-10,12-13,16-17,19,22-25H2,2-3H3,(H,43,50)(H,44,47)(H,45,49)/b11-7+/t29?,30-,33+,34+,41-/m1/s1. The molecule has 5 aliphatic rings. The highest BCUT2D eigenvalue weighted by molar-refractivity contribution is 7.91. The number of ether oxygens (including phenoxy) is 2. The van der Waals surface area contributed by atoms with Crippen LogP contribution in [0.5, 0.6) is 5.88 Å². The number of cyclic esters (lactones) is 1. The molecule has 5 atom stereocenters. The summed E-state index contributed by atoms with van der Waals surface area (Å²) in [6.45, 7) is 8.10. The number of amides is 4. The van der Waals surface area contributed by atoms with Crippen molar-refractivity contribution in [2.24, 2.45) is 17.3 Å². The van der Waals surface area contributed by atoms with Crippen LogP contribution in [0.25, 0.3) is 16.8 Å². The number of sulfonamides is 1. The predicted molar refractivity (Wildman–Crippen MR) is 207 cm³/mol.